The van der Waals surface area contributed by atoms with Crippen molar-refractivity contribution < 1.29 is 41.5 Å². The molecule has 0 aliphatic carbocycles. The first-order valence-corrected chi connectivity index (χ1v) is 19.4. The van der Waals surface area contributed by atoms with Crippen LogP contribution < -0.4 is 20.1 Å². The van der Waals surface area contributed by atoms with Crippen molar-refractivity contribution in [3.05, 3.63) is 59.6 Å². The van der Waals surface area contributed by atoms with Gasteiger partial charge in [0.05, 0.1) is 50.1 Å². The lowest BCUT2D eigenvalue weighted by Gasteiger charge is -2.31. The number of carbonyl (C=O) groups excluding carboxylic acids is 1. The molecule has 2 N–H and O–H groups in total. The van der Waals surface area contributed by atoms with Gasteiger partial charge in [-0.1, -0.05) is 6.07 Å². The molecular weight excluding hydrogens is 726 g/mol. The van der Waals surface area contributed by atoms with E-state index in [4.69, 9.17) is 27.8 Å². The van der Waals surface area contributed by atoms with Crippen molar-refractivity contribution in [1.82, 2.24) is 19.9 Å². The van der Waals surface area contributed by atoms with Crippen LogP contribution in [-0.4, -0.2) is 90.6 Å². The van der Waals surface area contributed by atoms with E-state index >= 15 is 0 Å². The van der Waals surface area contributed by atoms with Gasteiger partial charge >= 0.3 is 7.82 Å². The van der Waals surface area contributed by atoms with Gasteiger partial charge in [-0.3, -0.25) is 23.3 Å². The van der Waals surface area contributed by atoms with E-state index in [0.717, 1.165) is 0 Å². The molecule has 14 nitrogen and oxygen atoms in total. The number of amides is 1. The zero-order valence-electron chi connectivity index (χ0n) is 31.6. The minimum absolute atomic E-state index is 0.0771. The highest BCUT2D eigenvalue weighted by Gasteiger charge is 2.37. The third-order valence-electron chi connectivity index (χ3n) is 7.06. The number of hydrogen-bond donors (Lipinski definition) is 2. The largest absolute Gasteiger partial charge is 0.493 e. The van der Waals surface area contributed by atoms with E-state index in [2.05, 4.69) is 30.5 Å². The van der Waals surface area contributed by atoms with Crippen molar-refractivity contribution in [1.29, 1.82) is 0 Å². The molecule has 0 saturated carbocycles. The van der Waals surface area contributed by atoms with Gasteiger partial charge in [-0.25, -0.2) is 23.9 Å². The Morgan fingerprint density at radius 1 is 0.925 bits per heavy atom. The number of halogens is 1. The number of nitrogens with one attached hydrogen (secondary N) is 2. The van der Waals surface area contributed by atoms with Gasteiger partial charge in [0.25, 0.3) is 0 Å². The van der Waals surface area contributed by atoms with E-state index in [1.807, 2.05) is 0 Å². The van der Waals surface area contributed by atoms with Crippen molar-refractivity contribution in [2.75, 3.05) is 64.3 Å². The number of aromatic nitrogens is 3. The number of phosphoric acid groups is 1. The number of ether oxygens (including phenoxy) is 3. The van der Waals surface area contributed by atoms with Gasteiger partial charge in [0.2, 0.25) is 5.91 Å². The summed E-state index contributed by atoms with van der Waals surface area (Å²) in [6, 6.07) is 9.32. The molecule has 0 spiro atoms. The summed E-state index contributed by atoms with van der Waals surface area (Å²) in [5.41, 5.74) is -0.428. The van der Waals surface area contributed by atoms with Crippen LogP contribution in [0.1, 0.15) is 52.8 Å². The summed E-state index contributed by atoms with van der Waals surface area (Å²) in [7, 11) is -0.621. The van der Waals surface area contributed by atoms with Gasteiger partial charge in [0.15, 0.2) is 16.6 Å². The SMILES string of the molecule is COCCN(CCCOc1cc2ncnc(Nc3ncc(CC(=O)Nc4cccc(F)c4)s3)c2cc1OC)CCOP(=O)(OC(C)(C)C)OC(C)(C)C. The first-order chi connectivity index (χ1) is 25.0. The number of nitrogens with zero attached hydrogens (tertiary/aromatic N) is 4. The minimum atomic E-state index is -3.82. The summed E-state index contributed by atoms with van der Waals surface area (Å²) in [6.45, 7) is 13.6. The summed E-state index contributed by atoms with van der Waals surface area (Å²) in [6.07, 6.45) is 3.80. The van der Waals surface area contributed by atoms with Gasteiger partial charge in [0, 0.05) is 55.0 Å². The maximum absolute atomic E-state index is 13.5. The highest BCUT2D eigenvalue weighted by Crippen LogP contribution is 2.55. The molecule has 2 heterocycles. The number of benzene rings is 2. The predicted octanol–water partition coefficient (Wildman–Crippen LogP) is 7.63. The van der Waals surface area contributed by atoms with Crippen LogP contribution in [0.15, 0.2) is 48.9 Å². The number of thiazole rings is 1. The van der Waals surface area contributed by atoms with Gasteiger partial charge in [0.1, 0.15) is 18.0 Å². The Balaban J connectivity index is 1.34. The lowest BCUT2D eigenvalue weighted by molar-refractivity contribution is -0.115. The third kappa shape index (κ3) is 14.2. The van der Waals surface area contributed by atoms with Gasteiger partial charge in [-0.05, 0) is 72.2 Å². The summed E-state index contributed by atoms with van der Waals surface area (Å²) in [5, 5.41) is 7.13. The molecule has 0 aliphatic heterocycles. The second kappa shape index (κ2) is 19.0. The standard InChI is InChI=1S/C36H50FN6O8PS/c1-35(2,3)50-52(45,51-36(4,5)6)49-18-15-43(14-17-46-7)13-10-16-48-31-22-29-28(21-30(31)47-8)33(40-24-39-29)42-34-38-23-27(53-34)20-32(44)41-26-12-9-11-25(37)19-26/h9,11-12,19,21-24H,10,13-18,20H2,1-8H3,(H,41,44)(H,38,39,40,42). The number of phosphoric ester groups is 1. The van der Waals surface area contributed by atoms with Crippen molar-refractivity contribution in [2.45, 2.75) is 65.6 Å². The molecule has 0 aliphatic rings. The number of methoxy groups -OCH3 is 2. The molecule has 0 radical (unpaired) electrons. The number of hydrogen-bond acceptors (Lipinski definition) is 14. The maximum Gasteiger partial charge on any atom is 0.475 e. The molecule has 53 heavy (non-hydrogen) atoms. The minimum Gasteiger partial charge on any atom is -0.493 e. The highest BCUT2D eigenvalue weighted by atomic mass is 32.1. The van der Waals surface area contributed by atoms with Crippen molar-refractivity contribution in [3.8, 4) is 11.5 Å². The number of anilines is 3. The average Bonchev–Trinajstić information content (AvgIpc) is 3.49. The summed E-state index contributed by atoms with van der Waals surface area (Å²) in [4.78, 5) is 28.6. The van der Waals surface area contributed by atoms with E-state index < -0.39 is 24.8 Å². The molecule has 4 aromatic rings. The van der Waals surface area contributed by atoms with E-state index in [9.17, 15) is 13.8 Å². The van der Waals surface area contributed by atoms with Crippen LogP contribution in [-0.2, 0) is 34.1 Å². The molecule has 0 atom stereocenters. The van der Waals surface area contributed by atoms with Crippen molar-refractivity contribution >= 4 is 52.6 Å². The average molecular weight is 777 g/mol. The van der Waals surface area contributed by atoms with Crippen molar-refractivity contribution in [2.24, 2.45) is 0 Å². The fraction of sp³-hybridized carbons (Fsp3) is 0.500. The number of rotatable bonds is 20. The van der Waals surface area contributed by atoms with Crippen LogP contribution in [0.4, 0.5) is 21.0 Å². The van der Waals surface area contributed by atoms with Crippen LogP contribution in [0.2, 0.25) is 0 Å². The zero-order chi connectivity index (χ0) is 38.6. The van der Waals surface area contributed by atoms with Gasteiger partial charge in [-0.2, -0.15) is 0 Å². The third-order valence-corrected chi connectivity index (χ3v) is 10.0. The Kier molecular flexibility index (Phi) is 15.1. The van der Waals surface area contributed by atoms with Gasteiger partial charge < -0.3 is 24.8 Å². The van der Waals surface area contributed by atoms with E-state index in [1.165, 1.54) is 35.9 Å². The highest BCUT2D eigenvalue weighted by molar-refractivity contribution is 7.48. The Bertz CT molecular complexity index is 1830. The fourth-order valence-electron chi connectivity index (χ4n) is 4.96. The first kappa shape index (κ1) is 42.0. The predicted molar refractivity (Wildman–Crippen MR) is 204 cm³/mol. The van der Waals surface area contributed by atoms with Gasteiger partial charge in [-0.15, -0.1) is 11.3 Å². The quantitative estimate of drug-likeness (QED) is 0.0668. The summed E-state index contributed by atoms with van der Waals surface area (Å²) >= 11 is 1.30. The first-order valence-electron chi connectivity index (χ1n) is 17.1. The van der Waals surface area contributed by atoms with E-state index in [-0.39, 0.29) is 18.9 Å². The maximum atomic E-state index is 13.5. The lowest BCUT2D eigenvalue weighted by Crippen LogP contribution is -2.33. The Morgan fingerprint density at radius 2 is 1.66 bits per heavy atom. The fourth-order valence-corrected chi connectivity index (χ4v) is 7.56. The molecule has 0 saturated heterocycles. The molecule has 17 heteroatoms. The number of carbonyl (C=O) groups is 1. The molecule has 2 aromatic heterocycles. The Morgan fingerprint density at radius 3 is 2.34 bits per heavy atom. The zero-order valence-corrected chi connectivity index (χ0v) is 33.3. The molecule has 0 fully saturated rings. The molecular formula is C36H50FN6O8PS. The Hall–Kier alpha value is -3.76. The smallest absolute Gasteiger partial charge is 0.475 e. The second-order valence-electron chi connectivity index (χ2n) is 14.0. The molecule has 2 aromatic carbocycles. The van der Waals surface area contributed by atoms with Crippen LogP contribution in [0.3, 0.4) is 0 Å². The van der Waals surface area contributed by atoms with E-state index in [0.29, 0.717) is 83.2 Å². The molecule has 0 bridgehead atoms. The van der Waals surface area contributed by atoms with Crippen molar-refractivity contribution in [3.63, 3.8) is 0 Å². The monoisotopic (exact) mass is 776 g/mol. The topological polar surface area (TPSA) is 155 Å². The number of fused-ring (bicyclic) bond motifs is 1. The summed E-state index contributed by atoms with van der Waals surface area (Å²) in [5.74, 6) is 0.820. The molecule has 0 unspecified atom stereocenters. The molecule has 4 rings (SSSR count). The summed E-state index contributed by atoms with van der Waals surface area (Å²) < 4.78 is 61.3. The molecule has 1 amide bonds. The lowest BCUT2D eigenvalue weighted by atomic mass is 10.2. The van der Waals surface area contributed by atoms with Crippen LogP contribution in [0.25, 0.3) is 10.9 Å². The second-order valence-corrected chi connectivity index (χ2v) is 16.6. The van der Waals surface area contributed by atoms with Crippen LogP contribution in [0.5, 0.6) is 11.5 Å². The normalized spacial score (nSPS) is 12.3. The van der Waals surface area contributed by atoms with Crippen LogP contribution >= 0.6 is 19.2 Å². The molecule has 290 valence electrons. The van der Waals surface area contributed by atoms with Crippen LogP contribution in [0, 0.1) is 5.82 Å². The Labute approximate surface area is 314 Å². The van der Waals surface area contributed by atoms with E-state index in [1.54, 1.807) is 80.2 Å².